The van der Waals surface area contributed by atoms with E-state index >= 15 is 0 Å². The molecule has 4 heteroatoms. The second-order valence-corrected chi connectivity index (χ2v) is 5.01. The fraction of sp³-hybridized carbons (Fsp3) is 0.286. The molecular weight excluding hydrogens is 244 g/mol. The van der Waals surface area contributed by atoms with Gasteiger partial charge in [0.2, 0.25) is 5.91 Å². The van der Waals surface area contributed by atoms with E-state index in [1.165, 1.54) is 11.3 Å². The van der Waals surface area contributed by atoms with Crippen molar-refractivity contribution >= 4 is 22.4 Å². The Morgan fingerprint density at radius 3 is 2.67 bits per heavy atom. The molecule has 3 nitrogen and oxygen atoms in total. The fourth-order valence-corrected chi connectivity index (χ4v) is 2.55. The molecule has 1 aromatic carbocycles. The first-order valence-electron chi connectivity index (χ1n) is 5.98. The van der Waals surface area contributed by atoms with Crippen molar-refractivity contribution in [2.45, 2.75) is 26.2 Å². The molecule has 0 aliphatic rings. The van der Waals surface area contributed by atoms with Crippen LogP contribution in [0.3, 0.4) is 0 Å². The molecule has 1 N–H and O–H groups in total. The van der Waals surface area contributed by atoms with E-state index in [0.717, 1.165) is 17.7 Å². The van der Waals surface area contributed by atoms with Crippen molar-refractivity contribution in [2.24, 2.45) is 0 Å². The van der Waals surface area contributed by atoms with Gasteiger partial charge in [-0.1, -0.05) is 37.3 Å². The number of amides is 1. The maximum absolute atomic E-state index is 12.2. The van der Waals surface area contributed by atoms with Crippen molar-refractivity contribution in [3.05, 3.63) is 47.0 Å². The molecule has 2 aromatic rings. The summed E-state index contributed by atoms with van der Waals surface area (Å²) in [5, 5.41) is 5.48. The molecule has 2 rings (SSSR count). The highest BCUT2D eigenvalue weighted by atomic mass is 32.1. The molecule has 0 fully saturated rings. The lowest BCUT2D eigenvalue weighted by Gasteiger charge is -2.13. The molecule has 1 heterocycles. The van der Waals surface area contributed by atoms with E-state index in [2.05, 4.69) is 10.3 Å². The lowest BCUT2D eigenvalue weighted by Crippen LogP contribution is -2.20. The number of nitrogens with one attached hydrogen (secondary N) is 1. The Bertz CT molecular complexity index is 522. The van der Waals surface area contributed by atoms with Crippen LogP contribution in [0.5, 0.6) is 0 Å². The molecule has 18 heavy (non-hydrogen) atoms. The summed E-state index contributed by atoms with van der Waals surface area (Å²) in [4.78, 5) is 16.5. The zero-order chi connectivity index (χ0) is 13.0. The minimum atomic E-state index is -0.115. The molecule has 1 aromatic heterocycles. The SMILES string of the molecule is CC[C@H](C(=O)Nc1nc(C)cs1)c1ccccc1. The Balaban J connectivity index is 2.11. The minimum Gasteiger partial charge on any atom is -0.301 e. The third kappa shape index (κ3) is 2.96. The topological polar surface area (TPSA) is 42.0 Å². The fourth-order valence-electron chi connectivity index (χ4n) is 1.86. The van der Waals surface area contributed by atoms with Crippen LogP contribution in [0.1, 0.15) is 30.5 Å². The van der Waals surface area contributed by atoms with Crippen LogP contribution in [0, 0.1) is 6.92 Å². The lowest BCUT2D eigenvalue weighted by molar-refractivity contribution is -0.117. The Kier molecular flexibility index (Phi) is 4.10. The van der Waals surface area contributed by atoms with Crippen LogP contribution < -0.4 is 5.32 Å². The third-order valence-corrected chi connectivity index (χ3v) is 3.65. The molecule has 0 saturated carbocycles. The van der Waals surface area contributed by atoms with Gasteiger partial charge < -0.3 is 5.32 Å². The van der Waals surface area contributed by atoms with E-state index in [0.29, 0.717) is 5.13 Å². The Morgan fingerprint density at radius 2 is 2.11 bits per heavy atom. The van der Waals surface area contributed by atoms with Crippen molar-refractivity contribution in [3.63, 3.8) is 0 Å². The Morgan fingerprint density at radius 1 is 1.39 bits per heavy atom. The summed E-state index contributed by atoms with van der Waals surface area (Å²) in [5.41, 5.74) is 1.98. The molecule has 0 bridgehead atoms. The number of hydrogen-bond acceptors (Lipinski definition) is 3. The van der Waals surface area contributed by atoms with Gasteiger partial charge in [0.25, 0.3) is 0 Å². The van der Waals surface area contributed by atoms with E-state index in [1.54, 1.807) is 0 Å². The first-order valence-corrected chi connectivity index (χ1v) is 6.86. The van der Waals surface area contributed by atoms with Crippen LogP contribution in [-0.2, 0) is 4.79 Å². The quantitative estimate of drug-likeness (QED) is 0.913. The number of aromatic nitrogens is 1. The summed E-state index contributed by atoms with van der Waals surface area (Å²) in [6, 6.07) is 9.84. The molecule has 0 unspecified atom stereocenters. The van der Waals surface area contributed by atoms with Crippen molar-refractivity contribution in [1.29, 1.82) is 0 Å². The number of nitrogens with zero attached hydrogens (tertiary/aromatic N) is 1. The van der Waals surface area contributed by atoms with Gasteiger partial charge in [-0.05, 0) is 18.9 Å². The highest BCUT2D eigenvalue weighted by molar-refractivity contribution is 7.13. The largest absolute Gasteiger partial charge is 0.301 e. The van der Waals surface area contributed by atoms with E-state index in [1.807, 2.05) is 49.6 Å². The van der Waals surface area contributed by atoms with E-state index in [-0.39, 0.29) is 11.8 Å². The smallest absolute Gasteiger partial charge is 0.233 e. The average molecular weight is 260 g/mol. The van der Waals surface area contributed by atoms with Gasteiger partial charge in [-0.2, -0.15) is 0 Å². The normalized spacial score (nSPS) is 12.1. The molecule has 1 amide bonds. The van der Waals surface area contributed by atoms with Crippen molar-refractivity contribution in [2.75, 3.05) is 5.32 Å². The van der Waals surface area contributed by atoms with E-state index < -0.39 is 0 Å². The zero-order valence-electron chi connectivity index (χ0n) is 10.5. The highest BCUT2D eigenvalue weighted by Crippen LogP contribution is 2.22. The van der Waals surface area contributed by atoms with Gasteiger partial charge in [0, 0.05) is 5.38 Å². The molecule has 0 aliphatic carbocycles. The van der Waals surface area contributed by atoms with Gasteiger partial charge in [-0.25, -0.2) is 4.98 Å². The first-order chi connectivity index (χ1) is 8.70. The van der Waals surface area contributed by atoms with Crippen LogP contribution in [-0.4, -0.2) is 10.9 Å². The second kappa shape index (κ2) is 5.78. The molecule has 0 saturated heterocycles. The summed E-state index contributed by atoms with van der Waals surface area (Å²) < 4.78 is 0. The number of hydrogen-bond donors (Lipinski definition) is 1. The monoisotopic (exact) mass is 260 g/mol. The summed E-state index contributed by atoms with van der Waals surface area (Å²) in [5.74, 6) is -0.103. The predicted octanol–water partition coefficient (Wildman–Crippen LogP) is 3.58. The molecule has 1 atom stereocenters. The van der Waals surface area contributed by atoms with Crippen molar-refractivity contribution < 1.29 is 4.79 Å². The van der Waals surface area contributed by atoms with E-state index in [9.17, 15) is 4.79 Å². The molecule has 0 radical (unpaired) electrons. The van der Waals surface area contributed by atoms with Crippen LogP contribution >= 0.6 is 11.3 Å². The number of aryl methyl sites for hydroxylation is 1. The Hall–Kier alpha value is -1.68. The van der Waals surface area contributed by atoms with Crippen LogP contribution in [0.15, 0.2) is 35.7 Å². The standard InChI is InChI=1S/C14H16N2OS/c1-3-12(11-7-5-4-6-8-11)13(17)16-14-15-10(2)9-18-14/h4-9,12H,3H2,1-2H3,(H,15,16,17)/t12-/m0/s1. The van der Waals surface area contributed by atoms with Gasteiger partial charge in [0.1, 0.15) is 0 Å². The second-order valence-electron chi connectivity index (χ2n) is 4.15. The number of thiazole rings is 1. The van der Waals surface area contributed by atoms with Gasteiger partial charge >= 0.3 is 0 Å². The average Bonchev–Trinajstić information content (AvgIpc) is 2.77. The first kappa shape index (κ1) is 12.8. The number of benzene rings is 1. The lowest BCUT2D eigenvalue weighted by atomic mass is 9.96. The van der Waals surface area contributed by atoms with Crippen LogP contribution in [0.25, 0.3) is 0 Å². The number of rotatable bonds is 4. The number of carbonyl (C=O) groups is 1. The van der Waals surface area contributed by atoms with Gasteiger partial charge in [-0.15, -0.1) is 11.3 Å². The predicted molar refractivity (Wildman–Crippen MR) is 75.0 cm³/mol. The maximum atomic E-state index is 12.2. The molecule has 94 valence electrons. The molecule has 0 spiro atoms. The third-order valence-electron chi connectivity index (χ3n) is 2.78. The molecular formula is C14H16N2OS. The summed E-state index contributed by atoms with van der Waals surface area (Å²) in [6.07, 6.45) is 0.778. The Labute approximate surface area is 111 Å². The molecule has 0 aliphatic heterocycles. The van der Waals surface area contributed by atoms with Gasteiger partial charge in [0.15, 0.2) is 5.13 Å². The van der Waals surface area contributed by atoms with Crippen LogP contribution in [0.4, 0.5) is 5.13 Å². The summed E-state index contributed by atoms with van der Waals surface area (Å²) >= 11 is 1.46. The van der Waals surface area contributed by atoms with Gasteiger partial charge in [0.05, 0.1) is 11.6 Å². The van der Waals surface area contributed by atoms with Crippen molar-refractivity contribution in [3.8, 4) is 0 Å². The number of anilines is 1. The van der Waals surface area contributed by atoms with Gasteiger partial charge in [-0.3, -0.25) is 4.79 Å². The maximum Gasteiger partial charge on any atom is 0.233 e. The summed E-state index contributed by atoms with van der Waals surface area (Å²) in [7, 11) is 0. The van der Waals surface area contributed by atoms with Crippen molar-refractivity contribution in [1.82, 2.24) is 4.98 Å². The van der Waals surface area contributed by atoms with E-state index in [4.69, 9.17) is 0 Å². The minimum absolute atomic E-state index is 0.0121. The zero-order valence-corrected chi connectivity index (χ0v) is 11.3. The highest BCUT2D eigenvalue weighted by Gasteiger charge is 2.19. The van der Waals surface area contributed by atoms with Crippen LogP contribution in [0.2, 0.25) is 0 Å². The number of carbonyl (C=O) groups excluding carboxylic acids is 1. The summed E-state index contributed by atoms with van der Waals surface area (Å²) in [6.45, 7) is 3.94.